The third kappa shape index (κ3) is 2.52. The van der Waals surface area contributed by atoms with Gasteiger partial charge in [-0.3, -0.25) is 0 Å². The van der Waals surface area contributed by atoms with E-state index in [0.29, 0.717) is 11.6 Å². The quantitative estimate of drug-likeness (QED) is 0.676. The second-order valence-corrected chi connectivity index (χ2v) is 4.89. The second kappa shape index (κ2) is 5.46. The molecule has 4 nitrogen and oxygen atoms in total. The van der Waals surface area contributed by atoms with Crippen LogP contribution < -0.4 is 11.3 Å². The highest BCUT2D eigenvalue weighted by Gasteiger charge is 2.10. The van der Waals surface area contributed by atoms with E-state index in [4.69, 9.17) is 5.84 Å². The standard InChI is InChI=1S/C13H15BrN4/c1-3-11-8(2)12(18-15)17-13(16-11)9-4-6-10(14)7-5-9/h4-7H,3,15H2,1-2H3,(H,16,17,18). The summed E-state index contributed by atoms with van der Waals surface area (Å²) in [4.78, 5) is 9.01. The van der Waals surface area contributed by atoms with E-state index in [0.717, 1.165) is 27.7 Å². The summed E-state index contributed by atoms with van der Waals surface area (Å²) in [6.07, 6.45) is 0.854. The molecule has 2 rings (SSSR count). The average molecular weight is 307 g/mol. The Balaban J connectivity index is 2.54. The van der Waals surface area contributed by atoms with E-state index in [1.54, 1.807) is 0 Å². The van der Waals surface area contributed by atoms with Crippen LogP contribution in [0.3, 0.4) is 0 Å². The number of anilines is 1. The van der Waals surface area contributed by atoms with Crippen LogP contribution in [-0.2, 0) is 6.42 Å². The Morgan fingerprint density at radius 2 is 1.89 bits per heavy atom. The minimum atomic E-state index is 0.680. The third-order valence-electron chi connectivity index (χ3n) is 2.82. The van der Waals surface area contributed by atoms with Crippen molar-refractivity contribution in [1.29, 1.82) is 0 Å². The summed E-state index contributed by atoms with van der Waals surface area (Å²) in [6, 6.07) is 7.91. The molecule has 0 amide bonds. The van der Waals surface area contributed by atoms with Crippen molar-refractivity contribution in [3.63, 3.8) is 0 Å². The lowest BCUT2D eigenvalue weighted by Gasteiger charge is -2.11. The van der Waals surface area contributed by atoms with E-state index in [1.807, 2.05) is 31.2 Å². The number of aryl methyl sites for hydroxylation is 1. The van der Waals surface area contributed by atoms with Gasteiger partial charge in [0.05, 0.1) is 0 Å². The molecule has 0 atom stereocenters. The monoisotopic (exact) mass is 306 g/mol. The number of hydrogen-bond acceptors (Lipinski definition) is 4. The van der Waals surface area contributed by atoms with Gasteiger partial charge in [0.2, 0.25) is 0 Å². The van der Waals surface area contributed by atoms with Gasteiger partial charge in [-0.1, -0.05) is 35.0 Å². The first-order valence-corrected chi connectivity index (χ1v) is 6.55. The summed E-state index contributed by atoms with van der Waals surface area (Å²) >= 11 is 3.41. The molecular weight excluding hydrogens is 292 g/mol. The minimum Gasteiger partial charge on any atom is -0.308 e. The lowest BCUT2D eigenvalue weighted by Crippen LogP contribution is -2.13. The van der Waals surface area contributed by atoms with Gasteiger partial charge in [-0.2, -0.15) is 0 Å². The number of nitrogens with zero attached hydrogens (tertiary/aromatic N) is 2. The number of rotatable bonds is 3. The highest BCUT2D eigenvalue weighted by atomic mass is 79.9. The molecular formula is C13H15BrN4. The fraction of sp³-hybridized carbons (Fsp3) is 0.231. The summed E-state index contributed by atoms with van der Waals surface area (Å²) < 4.78 is 1.03. The van der Waals surface area contributed by atoms with E-state index in [9.17, 15) is 0 Å². The number of hydrogen-bond donors (Lipinski definition) is 2. The Bertz CT molecular complexity index is 526. The second-order valence-electron chi connectivity index (χ2n) is 3.97. The highest BCUT2D eigenvalue weighted by Crippen LogP contribution is 2.23. The number of nitrogen functional groups attached to an aromatic ring is 1. The summed E-state index contributed by atoms with van der Waals surface area (Å²) in [6.45, 7) is 4.04. The Labute approximate surface area is 115 Å². The first-order chi connectivity index (χ1) is 8.65. The molecule has 2 aromatic rings. The Kier molecular flexibility index (Phi) is 3.93. The van der Waals surface area contributed by atoms with Crippen LogP contribution in [0.2, 0.25) is 0 Å². The van der Waals surface area contributed by atoms with Crippen LogP contribution in [0, 0.1) is 6.92 Å². The van der Waals surface area contributed by atoms with Crippen molar-refractivity contribution in [1.82, 2.24) is 9.97 Å². The maximum atomic E-state index is 5.50. The van der Waals surface area contributed by atoms with Gasteiger partial charge in [0.15, 0.2) is 5.82 Å². The van der Waals surface area contributed by atoms with Crippen LogP contribution in [0.4, 0.5) is 5.82 Å². The van der Waals surface area contributed by atoms with Crippen molar-refractivity contribution in [2.75, 3.05) is 5.43 Å². The summed E-state index contributed by atoms with van der Waals surface area (Å²) in [5, 5.41) is 0. The Hall–Kier alpha value is -1.46. The predicted octanol–water partition coefficient (Wildman–Crippen LogP) is 3.06. The summed E-state index contributed by atoms with van der Waals surface area (Å²) in [5.74, 6) is 6.87. The molecule has 1 heterocycles. The minimum absolute atomic E-state index is 0.680. The van der Waals surface area contributed by atoms with Crippen LogP contribution in [0.25, 0.3) is 11.4 Å². The third-order valence-corrected chi connectivity index (χ3v) is 3.35. The molecule has 3 N–H and O–H groups in total. The molecule has 0 bridgehead atoms. The zero-order valence-corrected chi connectivity index (χ0v) is 12.0. The lowest BCUT2D eigenvalue weighted by molar-refractivity contribution is 0.973. The van der Waals surface area contributed by atoms with Crippen molar-refractivity contribution in [2.24, 2.45) is 5.84 Å². The van der Waals surface area contributed by atoms with Crippen molar-refractivity contribution >= 4 is 21.7 Å². The predicted molar refractivity (Wildman–Crippen MR) is 77.1 cm³/mol. The number of halogens is 1. The van der Waals surface area contributed by atoms with Gasteiger partial charge in [0.25, 0.3) is 0 Å². The molecule has 0 aliphatic heterocycles. The molecule has 0 fully saturated rings. The molecule has 5 heteroatoms. The van der Waals surface area contributed by atoms with Crippen LogP contribution in [-0.4, -0.2) is 9.97 Å². The Morgan fingerprint density at radius 3 is 2.44 bits per heavy atom. The topological polar surface area (TPSA) is 63.8 Å². The first-order valence-electron chi connectivity index (χ1n) is 5.75. The molecule has 0 radical (unpaired) electrons. The summed E-state index contributed by atoms with van der Waals surface area (Å²) in [7, 11) is 0. The molecule has 0 unspecified atom stereocenters. The van der Waals surface area contributed by atoms with Crippen LogP contribution in [0.5, 0.6) is 0 Å². The maximum Gasteiger partial charge on any atom is 0.161 e. The smallest absolute Gasteiger partial charge is 0.161 e. The number of aromatic nitrogens is 2. The van der Waals surface area contributed by atoms with Gasteiger partial charge < -0.3 is 5.43 Å². The first kappa shape index (κ1) is 13.0. The van der Waals surface area contributed by atoms with Gasteiger partial charge in [-0.25, -0.2) is 15.8 Å². The molecule has 1 aromatic carbocycles. The van der Waals surface area contributed by atoms with Crippen LogP contribution in [0.15, 0.2) is 28.7 Å². The van der Waals surface area contributed by atoms with E-state index in [2.05, 4.69) is 38.2 Å². The van der Waals surface area contributed by atoms with Gasteiger partial charge in [-0.05, 0) is 25.5 Å². The van der Waals surface area contributed by atoms with Crippen molar-refractivity contribution < 1.29 is 0 Å². The number of benzene rings is 1. The maximum absolute atomic E-state index is 5.50. The molecule has 0 saturated heterocycles. The molecule has 0 aliphatic carbocycles. The fourth-order valence-corrected chi connectivity index (χ4v) is 2.04. The van der Waals surface area contributed by atoms with Gasteiger partial charge in [0, 0.05) is 21.3 Å². The molecule has 0 spiro atoms. The van der Waals surface area contributed by atoms with Gasteiger partial charge in [0.1, 0.15) is 5.82 Å². The normalized spacial score (nSPS) is 10.4. The number of hydrazine groups is 1. The van der Waals surface area contributed by atoms with Gasteiger partial charge in [-0.15, -0.1) is 0 Å². The molecule has 18 heavy (non-hydrogen) atoms. The Morgan fingerprint density at radius 1 is 1.22 bits per heavy atom. The SMILES string of the molecule is CCc1nc(-c2ccc(Br)cc2)nc(NN)c1C. The molecule has 94 valence electrons. The van der Waals surface area contributed by atoms with Crippen molar-refractivity contribution in [3.05, 3.63) is 40.0 Å². The summed E-state index contributed by atoms with van der Waals surface area (Å²) in [5.41, 5.74) is 5.62. The molecule has 0 aliphatic rings. The molecule has 1 aromatic heterocycles. The number of nitrogens with one attached hydrogen (secondary N) is 1. The number of nitrogens with two attached hydrogens (primary N) is 1. The fourth-order valence-electron chi connectivity index (χ4n) is 1.78. The lowest BCUT2D eigenvalue weighted by atomic mass is 10.1. The largest absolute Gasteiger partial charge is 0.308 e. The van der Waals surface area contributed by atoms with Crippen LogP contribution in [0.1, 0.15) is 18.2 Å². The van der Waals surface area contributed by atoms with E-state index in [-0.39, 0.29) is 0 Å². The highest BCUT2D eigenvalue weighted by molar-refractivity contribution is 9.10. The van der Waals surface area contributed by atoms with Crippen molar-refractivity contribution in [3.8, 4) is 11.4 Å². The van der Waals surface area contributed by atoms with E-state index >= 15 is 0 Å². The average Bonchev–Trinajstić information content (AvgIpc) is 2.40. The molecule has 0 saturated carbocycles. The van der Waals surface area contributed by atoms with E-state index < -0.39 is 0 Å². The zero-order chi connectivity index (χ0) is 13.1. The zero-order valence-electron chi connectivity index (χ0n) is 10.4. The van der Waals surface area contributed by atoms with Gasteiger partial charge >= 0.3 is 0 Å². The van der Waals surface area contributed by atoms with E-state index in [1.165, 1.54) is 0 Å². The van der Waals surface area contributed by atoms with Crippen LogP contribution >= 0.6 is 15.9 Å². The van der Waals surface area contributed by atoms with Crippen molar-refractivity contribution in [2.45, 2.75) is 20.3 Å².